The van der Waals surface area contributed by atoms with Crippen molar-refractivity contribution in [3.63, 3.8) is 0 Å². The predicted octanol–water partition coefficient (Wildman–Crippen LogP) is 24.1. The molecule has 0 aliphatic carbocycles. The maximum atomic E-state index is 12.9. The third kappa shape index (κ3) is 66.1. The summed E-state index contributed by atoms with van der Waals surface area (Å²) in [7, 11) is 0. The van der Waals surface area contributed by atoms with Crippen LogP contribution in [0, 0.1) is 0 Å². The lowest BCUT2D eigenvalue weighted by Crippen LogP contribution is -2.30. The number of hydrogen-bond donors (Lipinski definition) is 0. The molecule has 0 aromatic heterocycles. The quantitative estimate of drug-likeness (QED) is 0.0261. The van der Waals surface area contributed by atoms with Gasteiger partial charge in [0.25, 0.3) is 0 Å². The Morgan fingerprint density at radius 1 is 0.253 bits per heavy atom. The molecule has 0 N–H and O–H groups in total. The fraction of sp³-hybridized carbons (Fsp3) is 0.849. The van der Waals surface area contributed by atoms with Crippen molar-refractivity contribution in [1.82, 2.24) is 0 Å². The van der Waals surface area contributed by atoms with Gasteiger partial charge in [0.15, 0.2) is 6.10 Å². The van der Waals surface area contributed by atoms with E-state index in [9.17, 15) is 14.4 Å². The molecule has 1 unspecified atom stereocenters. The van der Waals surface area contributed by atoms with Gasteiger partial charge in [0.1, 0.15) is 13.2 Å². The Kier molecular flexibility index (Phi) is 65.6. The van der Waals surface area contributed by atoms with Crippen LogP contribution in [0.25, 0.3) is 0 Å². The predicted molar refractivity (Wildman–Crippen MR) is 344 cm³/mol. The van der Waals surface area contributed by atoms with Crippen LogP contribution < -0.4 is 0 Å². The van der Waals surface area contributed by atoms with Crippen molar-refractivity contribution in [3.05, 3.63) is 48.6 Å². The summed E-state index contributed by atoms with van der Waals surface area (Å²) in [6, 6.07) is 0. The molecular formula is C73H134O6. The number of esters is 3. The van der Waals surface area contributed by atoms with Gasteiger partial charge in [-0.1, -0.05) is 307 Å². The van der Waals surface area contributed by atoms with Crippen molar-refractivity contribution in [2.75, 3.05) is 13.2 Å². The maximum Gasteiger partial charge on any atom is 0.306 e. The Labute approximate surface area is 492 Å². The van der Waals surface area contributed by atoms with Gasteiger partial charge in [-0.3, -0.25) is 14.4 Å². The van der Waals surface area contributed by atoms with Crippen LogP contribution in [0.5, 0.6) is 0 Å². The molecule has 0 heterocycles. The van der Waals surface area contributed by atoms with Gasteiger partial charge >= 0.3 is 17.9 Å². The smallest absolute Gasteiger partial charge is 0.306 e. The number of ether oxygens (including phenoxy) is 3. The molecule has 0 aromatic rings. The highest BCUT2D eigenvalue weighted by molar-refractivity contribution is 5.71. The van der Waals surface area contributed by atoms with Crippen LogP contribution in [-0.4, -0.2) is 37.2 Å². The van der Waals surface area contributed by atoms with Crippen LogP contribution >= 0.6 is 0 Å². The van der Waals surface area contributed by atoms with E-state index >= 15 is 0 Å². The second-order valence-corrected chi connectivity index (χ2v) is 23.8. The van der Waals surface area contributed by atoms with Crippen molar-refractivity contribution >= 4 is 17.9 Å². The first-order chi connectivity index (χ1) is 39.0. The van der Waals surface area contributed by atoms with Crippen LogP contribution in [0.15, 0.2) is 48.6 Å². The summed E-state index contributed by atoms with van der Waals surface area (Å²) in [4.78, 5) is 38.3. The van der Waals surface area contributed by atoms with E-state index in [-0.39, 0.29) is 31.1 Å². The van der Waals surface area contributed by atoms with Gasteiger partial charge in [-0.15, -0.1) is 0 Å². The van der Waals surface area contributed by atoms with E-state index in [4.69, 9.17) is 14.2 Å². The molecule has 1 atom stereocenters. The molecular weight excluding hydrogens is 973 g/mol. The Morgan fingerprint density at radius 3 is 0.747 bits per heavy atom. The number of allylic oxidation sites excluding steroid dienone is 8. The average Bonchev–Trinajstić information content (AvgIpc) is 3.45. The number of carbonyl (C=O) groups excluding carboxylic acids is 3. The molecule has 0 aliphatic rings. The normalized spacial score (nSPS) is 12.3. The van der Waals surface area contributed by atoms with Crippen molar-refractivity contribution in [2.45, 2.75) is 386 Å². The molecule has 0 radical (unpaired) electrons. The summed E-state index contributed by atoms with van der Waals surface area (Å²) in [6.07, 6.45) is 85.8. The first kappa shape index (κ1) is 76.4. The Bertz CT molecular complexity index is 1360. The third-order valence-corrected chi connectivity index (χ3v) is 15.8. The molecule has 6 heteroatoms. The first-order valence-electron chi connectivity index (χ1n) is 35.1. The fourth-order valence-corrected chi connectivity index (χ4v) is 10.5. The molecule has 0 saturated carbocycles. The lowest BCUT2D eigenvalue weighted by Gasteiger charge is -2.18. The number of rotatable bonds is 65. The monoisotopic (exact) mass is 1110 g/mol. The van der Waals surface area contributed by atoms with E-state index in [1.54, 1.807) is 0 Å². The van der Waals surface area contributed by atoms with Gasteiger partial charge in [-0.25, -0.2) is 0 Å². The van der Waals surface area contributed by atoms with E-state index in [2.05, 4.69) is 69.4 Å². The van der Waals surface area contributed by atoms with E-state index in [0.717, 1.165) is 77.0 Å². The van der Waals surface area contributed by atoms with Crippen molar-refractivity contribution in [2.24, 2.45) is 0 Å². The van der Waals surface area contributed by atoms with Crippen molar-refractivity contribution < 1.29 is 28.6 Å². The van der Waals surface area contributed by atoms with Crippen LogP contribution in [0.1, 0.15) is 380 Å². The summed E-state index contributed by atoms with van der Waals surface area (Å²) in [5.41, 5.74) is 0. The summed E-state index contributed by atoms with van der Waals surface area (Å²) in [6.45, 7) is 6.64. The van der Waals surface area contributed by atoms with Gasteiger partial charge in [0.2, 0.25) is 0 Å². The molecule has 79 heavy (non-hydrogen) atoms. The second-order valence-electron chi connectivity index (χ2n) is 23.8. The Morgan fingerprint density at radius 2 is 0.456 bits per heavy atom. The molecule has 0 bridgehead atoms. The van der Waals surface area contributed by atoms with Crippen LogP contribution in [0.3, 0.4) is 0 Å². The number of unbranched alkanes of at least 4 members (excludes halogenated alkanes) is 46. The second kappa shape index (κ2) is 67.9. The fourth-order valence-electron chi connectivity index (χ4n) is 10.5. The van der Waals surface area contributed by atoms with E-state index in [0.29, 0.717) is 19.3 Å². The van der Waals surface area contributed by atoms with Gasteiger partial charge < -0.3 is 14.2 Å². The zero-order valence-electron chi connectivity index (χ0n) is 53.2. The standard InChI is InChI=1S/C73H134O6/c1-4-7-10-13-16-19-22-25-27-29-30-31-32-33-34-35-36-37-38-39-40-41-42-44-45-48-51-54-57-60-63-66-72(75)78-69-70(68-77-71(74)65-62-59-56-53-50-47-24-21-18-15-12-9-6-3)79-73(76)67-64-61-58-55-52-49-46-43-28-26-23-20-17-14-11-8-5-2/h17,20-21,24,26,28-30,70H,4-16,18-19,22-23,25,27,31-69H2,1-3H3/b20-17-,24-21-,28-26-,30-29-. The highest BCUT2D eigenvalue weighted by Crippen LogP contribution is 2.18. The van der Waals surface area contributed by atoms with Gasteiger partial charge in [0.05, 0.1) is 0 Å². The highest BCUT2D eigenvalue weighted by atomic mass is 16.6. The zero-order valence-corrected chi connectivity index (χ0v) is 53.2. The number of carbonyl (C=O) groups is 3. The lowest BCUT2D eigenvalue weighted by molar-refractivity contribution is -0.167. The maximum absolute atomic E-state index is 12.9. The molecule has 0 spiro atoms. The summed E-state index contributed by atoms with van der Waals surface area (Å²) >= 11 is 0. The minimum atomic E-state index is -0.780. The Hall–Kier alpha value is -2.63. The molecule has 462 valence electrons. The number of hydrogen-bond acceptors (Lipinski definition) is 6. The third-order valence-electron chi connectivity index (χ3n) is 15.8. The minimum Gasteiger partial charge on any atom is -0.462 e. The summed E-state index contributed by atoms with van der Waals surface area (Å²) < 4.78 is 16.9. The van der Waals surface area contributed by atoms with Gasteiger partial charge in [-0.2, -0.15) is 0 Å². The Balaban J connectivity index is 4.15. The largest absolute Gasteiger partial charge is 0.462 e. The molecule has 6 nitrogen and oxygen atoms in total. The SMILES string of the molecule is CCCCC/C=C\C/C=C\CCCCCCCCCC(=O)OC(COC(=O)CCCCCCC/C=C\CCCCCC)COC(=O)CCCCCCCCCCCCCCCCCCCCC/C=C\CCCCCCCCCC. The van der Waals surface area contributed by atoms with Crippen molar-refractivity contribution in [3.8, 4) is 0 Å². The molecule has 0 aromatic carbocycles. The van der Waals surface area contributed by atoms with Crippen LogP contribution in [0.4, 0.5) is 0 Å². The van der Waals surface area contributed by atoms with E-state index < -0.39 is 6.10 Å². The average molecular weight is 1110 g/mol. The van der Waals surface area contributed by atoms with Gasteiger partial charge in [-0.05, 0) is 103 Å². The van der Waals surface area contributed by atoms with E-state index in [1.165, 1.54) is 263 Å². The van der Waals surface area contributed by atoms with Gasteiger partial charge in [0, 0.05) is 19.3 Å². The molecule has 0 aliphatic heterocycles. The molecule has 0 amide bonds. The van der Waals surface area contributed by atoms with Crippen LogP contribution in [0.2, 0.25) is 0 Å². The molecule has 0 fully saturated rings. The lowest BCUT2D eigenvalue weighted by atomic mass is 10.0. The van der Waals surface area contributed by atoms with E-state index in [1.807, 2.05) is 0 Å². The van der Waals surface area contributed by atoms with Crippen LogP contribution in [-0.2, 0) is 28.6 Å². The minimum absolute atomic E-state index is 0.0754. The summed E-state index contributed by atoms with van der Waals surface area (Å²) in [5, 5.41) is 0. The highest BCUT2D eigenvalue weighted by Gasteiger charge is 2.19. The summed E-state index contributed by atoms with van der Waals surface area (Å²) in [5.74, 6) is -0.870. The molecule has 0 rings (SSSR count). The first-order valence-corrected chi connectivity index (χ1v) is 35.1. The zero-order chi connectivity index (χ0) is 57.1. The topological polar surface area (TPSA) is 78.9 Å². The van der Waals surface area contributed by atoms with Crippen molar-refractivity contribution in [1.29, 1.82) is 0 Å². The molecule has 0 saturated heterocycles.